The van der Waals surface area contributed by atoms with Crippen LogP contribution in [0.5, 0.6) is 0 Å². The second-order valence-electron chi connectivity index (χ2n) is 3.46. The standard InChI is InChI=1S/C11H15BrN2OS/c1-8(16-2)5-6-13-11(15)9-3-4-10(12)14-7-9/h3-4,7-8H,5-6H2,1-2H3,(H,13,15). The number of pyridine rings is 1. The molecule has 1 rings (SSSR count). The zero-order valence-electron chi connectivity index (χ0n) is 9.37. The summed E-state index contributed by atoms with van der Waals surface area (Å²) in [7, 11) is 0. The first-order valence-corrected chi connectivity index (χ1v) is 7.14. The van der Waals surface area contributed by atoms with E-state index in [0.717, 1.165) is 11.0 Å². The van der Waals surface area contributed by atoms with Crippen molar-refractivity contribution in [1.29, 1.82) is 0 Å². The number of thioether (sulfide) groups is 1. The Hall–Kier alpha value is -0.550. The smallest absolute Gasteiger partial charge is 0.252 e. The third-order valence-corrected chi connectivity index (χ3v) is 3.74. The molecule has 0 aliphatic rings. The van der Waals surface area contributed by atoms with Gasteiger partial charge in [0.15, 0.2) is 0 Å². The van der Waals surface area contributed by atoms with Crippen LogP contribution in [0.2, 0.25) is 0 Å². The van der Waals surface area contributed by atoms with E-state index in [1.165, 1.54) is 0 Å². The maximum absolute atomic E-state index is 11.7. The van der Waals surface area contributed by atoms with Crippen molar-refractivity contribution in [3.05, 3.63) is 28.5 Å². The molecule has 0 aliphatic carbocycles. The van der Waals surface area contributed by atoms with Gasteiger partial charge in [-0.3, -0.25) is 4.79 Å². The Kier molecular flexibility index (Phi) is 5.84. The van der Waals surface area contributed by atoms with Crippen molar-refractivity contribution in [2.45, 2.75) is 18.6 Å². The Bertz CT molecular complexity index is 342. The van der Waals surface area contributed by atoms with Crippen LogP contribution < -0.4 is 5.32 Å². The molecular weight excluding hydrogens is 288 g/mol. The van der Waals surface area contributed by atoms with Crippen molar-refractivity contribution >= 4 is 33.6 Å². The average molecular weight is 303 g/mol. The molecule has 0 saturated carbocycles. The van der Waals surface area contributed by atoms with E-state index in [1.807, 2.05) is 0 Å². The van der Waals surface area contributed by atoms with Gasteiger partial charge in [0, 0.05) is 18.0 Å². The zero-order valence-corrected chi connectivity index (χ0v) is 11.8. The predicted octanol–water partition coefficient (Wildman–Crippen LogP) is 2.72. The van der Waals surface area contributed by atoms with Gasteiger partial charge in [0.05, 0.1) is 5.56 Å². The second kappa shape index (κ2) is 6.91. The van der Waals surface area contributed by atoms with Gasteiger partial charge in [0.2, 0.25) is 0 Å². The van der Waals surface area contributed by atoms with Gasteiger partial charge in [-0.1, -0.05) is 6.92 Å². The van der Waals surface area contributed by atoms with Crippen LogP contribution in [0.3, 0.4) is 0 Å². The van der Waals surface area contributed by atoms with Crippen LogP contribution in [-0.2, 0) is 0 Å². The summed E-state index contributed by atoms with van der Waals surface area (Å²) in [6.07, 6.45) is 4.62. The lowest BCUT2D eigenvalue weighted by Gasteiger charge is -2.08. The highest BCUT2D eigenvalue weighted by Crippen LogP contribution is 2.09. The van der Waals surface area contributed by atoms with E-state index in [9.17, 15) is 4.79 Å². The molecule has 1 atom stereocenters. The van der Waals surface area contributed by atoms with Gasteiger partial charge in [-0.05, 0) is 40.7 Å². The highest BCUT2D eigenvalue weighted by atomic mass is 79.9. The predicted molar refractivity (Wildman–Crippen MR) is 71.9 cm³/mol. The van der Waals surface area contributed by atoms with E-state index in [1.54, 1.807) is 30.1 Å². The number of nitrogens with one attached hydrogen (secondary N) is 1. The summed E-state index contributed by atoms with van der Waals surface area (Å²) < 4.78 is 0.736. The molecule has 1 unspecified atom stereocenters. The minimum Gasteiger partial charge on any atom is -0.352 e. The minimum absolute atomic E-state index is 0.0618. The van der Waals surface area contributed by atoms with Crippen LogP contribution in [0.25, 0.3) is 0 Å². The first-order chi connectivity index (χ1) is 7.63. The lowest BCUT2D eigenvalue weighted by Crippen LogP contribution is -2.26. The van der Waals surface area contributed by atoms with Gasteiger partial charge >= 0.3 is 0 Å². The molecule has 0 radical (unpaired) electrons. The molecule has 1 aromatic rings. The van der Waals surface area contributed by atoms with Crippen molar-refractivity contribution < 1.29 is 4.79 Å². The third-order valence-electron chi connectivity index (χ3n) is 2.23. The van der Waals surface area contributed by atoms with E-state index in [0.29, 0.717) is 17.4 Å². The molecule has 1 amide bonds. The van der Waals surface area contributed by atoms with Crippen LogP contribution in [0.15, 0.2) is 22.9 Å². The number of hydrogen-bond donors (Lipinski definition) is 1. The van der Waals surface area contributed by atoms with Crippen molar-refractivity contribution in [3.63, 3.8) is 0 Å². The number of aromatic nitrogens is 1. The SMILES string of the molecule is CSC(C)CCNC(=O)c1ccc(Br)nc1. The molecule has 0 bridgehead atoms. The molecule has 1 aromatic heterocycles. The third kappa shape index (κ3) is 4.53. The van der Waals surface area contributed by atoms with Crippen LogP contribution >= 0.6 is 27.7 Å². The molecule has 1 heterocycles. The summed E-state index contributed by atoms with van der Waals surface area (Å²) >= 11 is 5.03. The molecule has 16 heavy (non-hydrogen) atoms. The normalized spacial score (nSPS) is 12.2. The molecule has 1 N–H and O–H groups in total. The molecule has 5 heteroatoms. The molecule has 0 spiro atoms. The van der Waals surface area contributed by atoms with Gasteiger partial charge in [-0.25, -0.2) is 4.98 Å². The summed E-state index contributed by atoms with van der Waals surface area (Å²) in [6, 6.07) is 3.52. The van der Waals surface area contributed by atoms with Crippen LogP contribution in [0.4, 0.5) is 0 Å². The number of carbonyl (C=O) groups is 1. The Morgan fingerprint density at radius 3 is 2.94 bits per heavy atom. The topological polar surface area (TPSA) is 42.0 Å². The molecular formula is C11H15BrN2OS. The van der Waals surface area contributed by atoms with Crippen molar-refractivity contribution in [2.75, 3.05) is 12.8 Å². The Balaban J connectivity index is 2.38. The maximum atomic E-state index is 11.7. The summed E-state index contributed by atoms with van der Waals surface area (Å²) in [4.78, 5) is 15.7. The quantitative estimate of drug-likeness (QED) is 0.851. The van der Waals surface area contributed by atoms with Crippen molar-refractivity contribution in [1.82, 2.24) is 10.3 Å². The van der Waals surface area contributed by atoms with Crippen molar-refractivity contribution in [3.8, 4) is 0 Å². The van der Waals surface area contributed by atoms with E-state index < -0.39 is 0 Å². The monoisotopic (exact) mass is 302 g/mol. The summed E-state index contributed by atoms with van der Waals surface area (Å²) in [5, 5.41) is 3.45. The van der Waals surface area contributed by atoms with Gasteiger partial charge in [0.25, 0.3) is 5.91 Å². The minimum atomic E-state index is -0.0618. The largest absolute Gasteiger partial charge is 0.352 e. The Morgan fingerprint density at radius 1 is 1.62 bits per heavy atom. The number of nitrogens with zero attached hydrogens (tertiary/aromatic N) is 1. The van der Waals surface area contributed by atoms with Crippen LogP contribution in [0.1, 0.15) is 23.7 Å². The second-order valence-corrected chi connectivity index (χ2v) is 5.55. The van der Waals surface area contributed by atoms with Gasteiger partial charge < -0.3 is 5.32 Å². The van der Waals surface area contributed by atoms with Crippen LogP contribution in [-0.4, -0.2) is 28.9 Å². The average Bonchev–Trinajstić information content (AvgIpc) is 2.29. The molecule has 0 fully saturated rings. The fraction of sp³-hybridized carbons (Fsp3) is 0.455. The molecule has 0 aliphatic heterocycles. The first-order valence-electron chi connectivity index (χ1n) is 5.06. The number of rotatable bonds is 5. The Morgan fingerprint density at radius 2 is 2.38 bits per heavy atom. The van der Waals surface area contributed by atoms with Gasteiger partial charge in [-0.15, -0.1) is 0 Å². The zero-order chi connectivity index (χ0) is 12.0. The molecule has 88 valence electrons. The summed E-state index contributed by atoms with van der Waals surface area (Å²) in [5.41, 5.74) is 0.597. The lowest BCUT2D eigenvalue weighted by atomic mass is 10.2. The summed E-state index contributed by atoms with van der Waals surface area (Å²) in [5.74, 6) is -0.0618. The fourth-order valence-electron chi connectivity index (χ4n) is 1.12. The van der Waals surface area contributed by atoms with Gasteiger partial charge in [-0.2, -0.15) is 11.8 Å². The van der Waals surface area contributed by atoms with Gasteiger partial charge in [0.1, 0.15) is 4.60 Å². The highest BCUT2D eigenvalue weighted by molar-refractivity contribution is 9.10. The first kappa shape index (κ1) is 13.5. The number of amides is 1. The van der Waals surface area contributed by atoms with E-state index in [4.69, 9.17) is 0 Å². The molecule has 0 saturated heterocycles. The summed E-state index contributed by atoms with van der Waals surface area (Å²) in [6.45, 7) is 2.86. The molecule has 3 nitrogen and oxygen atoms in total. The highest BCUT2D eigenvalue weighted by Gasteiger charge is 2.06. The number of carbonyl (C=O) groups excluding carboxylic acids is 1. The fourth-order valence-corrected chi connectivity index (χ4v) is 1.71. The lowest BCUT2D eigenvalue weighted by molar-refractivity contribution is 0.0953. The van der Waals surface area contributed by atoms with Crippen LogP contribution in [0, 0.1) is 0 Å². The van der Waals surface area contributed by atoms with E-state index in [-0.39, 0.29) is 5.91 Å². The maximum Gasteiger partial charge on any atom is 0.252 e. The Labute approximate surface area is 109 Å². The number of hydrogen-bond acceptors (Lipinski definition) is 3. The van der Waals surface area contributed by atoms with E-state index >= 15 is 0 Å². The molecule has 0 aromatic carbocycles. The number of halogens is 1. The van der Waals surface area contributed by atoms with Crippen molar-refractivity contribution in [2.24, 2.45) is 0 Å². The van der Waals surface area contributed by atoms with E-state index in [2.05, 4.69) is 39.4 Å².